The molecule has 1 amide bonds. The van der Waals surface area contributed by atoms with Gasteiger partial charge in [0.05, 0.1) is 0 Å². The van der Waals surface area contributed by atoms with Gasteiger partial charge in [0, 0.05) is 65.7 Å². The predicted molar refractivity (Wildman–Crippen MR) is 68.6 cm³/mol. The topological polar surface area (TPSA) is 93.0 Å². The van der Waals surface area contributed by atoms with Gasteiger partial charge in [-0.1, -0.05) is 0 Å². The fourth-order valence-electron chi connectivity index (χ4n) is 1.82. The summed E-state index contributed by atoms with van der Waals surface area (Å²) in [4.78, 5) is 34.9. The van der Waals surface area contributed by atoms with E-state index in [9.17, 15) is 14.5 Å². The van der Waals surface area contributed by atoms with Gasteiger partial charge in [0.15, 0.2) is 14.0 Å². The maximum absolute atomic E-state index is 11.8. The van der Waals surface area contributed by atoms with Gasteiger partial charge in [0.1, 0.15) is 12.7 Å². The van der Waals surface area contributed by atoms with Crippen LogP contribution in [-0.4, -0.2) is 106 Å². The van der Waals surface area contributed by atoms with Crippen molar-refractivity contribution in [2.24, 2.45) is 4.74 Å². The average Bonchev–Trinajstić information content (AvgIpc) is 2.63. The van der Waals surface area contributed by atoms with Gasteiger partial charge in [-0.15, -0.1) is 4.74 Å². The fraction of sp³-hybridized carbons (Fsp3) is 0.778. The van der Waals surface area contributed by atoms with Gasteiger partial charge in [-0.2, -0.15) is 0 Å². The normalized spacial score (nSPS) is 20.7. The molecule has 18 heavy (non-hydrogen) atoms. The predicted octanol–water partition coefficient (Wildman–Crippen LogP) is -0.740. The second-order valence-corrected chi connectivity index (χ2v) is 4.94. The Kier molecular flexibility index (Phi) is 11.6. The number of aliphatic carboxylic acids is 1. The molecule has 0 saturated carbocycles. The van der Waals surface area contributed by atoms with Crippen LogP contribution in [0.5, 0.6) is 0 Å². The summed E-state index contributed by atoms with van der Waals surface area (Å²) in [5, 5.41) is 8.91. The van der Waals surface area contributed by atoms with Crippen molar-refractivity contribution in [2.45, 2.75) is 31.8 Å². The maximum Gasteiger partial charge on any atom is 0.326 e. The van der Waals surface area contributed by atoms with Crippen molar-refractivity contribution in [3.63, 3.8) is 0 Å². The van der Waals surface area contributed by atoms with Crippen LogP contribution in [0.3, 0.4) is 0 Å². The molecule has 0 bridgehead atoms. The molecule has 1 aliphatic heterocycles. The van der Waals surface area contributed by atoms with E-state index in [1.165, 1.54) is 18.5 Å². The zero-order valence-corrected chi connectivity index (χ0v) is 16.2. The van der Waals surface area contributed by atoms with Crippen LogP contribution in [-0.2, 0) is 9.59 Å². The number of carbonyl (C=O) groups is 2. The maximum atomic E-state index is 11.8. The number of rotatable bonds is 3. The molecule has 1 aliphatic rings. The molecule has 0 aromatic rings. The van der Waals surface area contributed by atoms with Gasteiger partial charge >= 0.3 is 5.97 Å². The second kappa shape index (κ2) is 9.83. The van der Waals surface area contributed by atoms with Crippen molar-refractivity contribution in [1.29, 1.82) is 0 Å². The number of carbonyl (C=O) groups excluding carboxylic acids is 1. The summed E-state index contributed by atoms with van der Waals surface area (Å²) in [7, 11) is -1.74. The monoisotopic (exact) mass is 292 g/mol. The molecule has 1 fully saturated rings. The minimum atomic E-state index is -1.74. The summed E-state index contributed by atoms with van der Waals surface area (Å²) >= 11 is 0. The first-order valence-corrected chi connectivity index (χ1v) is 6.74. The minimum absolute atomic E-state index is 0. The van der Waals surface area contributed by atoms with E-state index in [1.807, 2.05) is 0 Å². The smallest absolute Gasteiger partial charge is 0.326 e. The number of hydrogen-bond donors (Lipinski definition) is 1. The zero-order valence-electron chi connectivity index (χ0n) is 11.3. The molecule has 6 nitrogen and oxygen atoms in total. The van der Waals surface area contributed by atoms with Crippen LogP contribution < -0.4 is 4.89 Å². The van der Waals surface area contributed by atoms with Crippen LogP contribution in [0.1, 0.15) is 19.8 Å². The zero-order chi connectivity index (χ0) is 12.3. The first kappa shape index (κ1) is 21.3. The Morgan fingerprint density at radius 3 is 2.50 bits per heavy atom. The number of carboxylic acids is 1. The molecule has 9 heteroatoms. The Balaban J connectivity index is 0. The van der Waals surface area contributed by atoms with E-state index < -0.39 is 26.0 Å². The van der Waals surface area contributed by atoms with Crippen molar-refractivity contribution in [1.82, 2.24) is 4.90 Å². The van der Waals surface area contributed by atoms with Gasteiger partial charge in [-0.3, -0.25) is 4.79 Å². The fourth-order valence-corrected chi connectivity index (χ4v) is 2.41. The molecule has 92 valence electrons. The molecule has 1 unspecified atom stereocenters. The van der Waals surface area contributed by atoms with Gasteiger partial charge in [-0.25, -0.2) is 4.79 Å². The standard InChI is InChI=1S/C9H15N2O4P.2Na/c1-6(10-16(2)15)8(12)11-5-3-4-7(11)9(13)14;;/h6-7H,3-5H2,1-2H3,(H,13,14);;/t6-,7-;;/m0../s1. The summed E-state index contributed by atoms with van der Waals surface area (Å²) < 4.78 is 3.74. The van der Waals surface area contributed by atoms with Crippen LogP contribution in [0.2, 0.25) is 0 Å². The minimum Gasteiger partial charge on any atom is -0.612 e. The Morgan fingerprint density at radius 1 is 1.50 bits per heavy atom. The summed E-state index contributed by atoms with van der Waals surface area (Å²) in [5.41, 5.74) is 0. The Labute approximate surface area is 152 Å². The van der Waals surface area contributed by atoms with E-state index >= 15 is 0 Å². The van der Waals surface area contributed by atoms with Crippen LogP contribution >= 0.6 is 7.94 Å². The van der Waals surface area contributed by atoms with Crippen LogP contribution in [0.4, 0.5) is 0 Å². The molecule has 0 aromatic carbocycles. The van der Waals surface area contributed by atoms with E-state index in [2.05, 4.69) is 4.74 Å². The molecular formula is C9H15N2Na2O4P. The number of carboxylic acid groups (broad SMARTS) is 1. The van der Waals surface area contributed by atoms with E-state index in [1.54, 1.807) is 0 Å². The van der Waals surface area contributed by atoms with Crippen molar-refractivity contribution >= 4 is 78.9 Å². The number of nitrogens with zero attached hydrogens (tertiary/aromatic N) is 2. The molecule has 1 heterocycles. The Hall–Kier alpha value is 1.00. The molecule has 1 saturated heterocycles. The molecule has 1 N–H and O–H groups in total. The van der Waals surface area contributed by atoms with Gasteiger partial charge < -0.3 is 14.9 Å². The van der Waals surface area contributed by atoms with Crippen molar-refractivity contribution in [2.75, 3.05) is 13.2 Å². The largest absolute Gasteiger partial charge is 0.612 e. The Bertz CT molecular complexity index is 337. The summed E-state index contributed by atoms with van der Waals surface area (Å²) in [6.45, 7) is 3.39. The molecular weight excluding hydrogens is 277 g/mol. The van der Waals surface area contributed by atoms with Crippen LogP contribution in [0, 0.1) is 0 Å². The quantitative estimate of drug-likeness (QED) is 0.547. The number of amides is 1. The Morgan fingerprint density at radius 2 is 2.06 bits per heavy atom. The first-order chi connectivity index (χ1) is 7.43. The van der Waals surface area contributed by atoms with E-state index in [-0.39, 0.29) is 65.0 Å². The summed E-state index contributed by atoms with van der Waals surface area (Å²) in [6.07, 6.45) is 1.17. The van der Waals surface area contributed by atoms with Crippen molar-refractivity contribution in [3.05, 3.63) is 0 Å². The molecule has 0 aromatic heterocycles. The van der Waals surface area contributed by atoms with Gasteiger partial charge in [0.25, 0.3) is 5.91 Å². The van der Waals surface area contributed by atoms with E-state index in [0.717, 1.165) is 0 Å². The third-order valence-corrected chi connectivity index (χ3v) is 3.19. The molecule has 0 spiro atoms. The number of likely N-dealkylation sites (tertiary alicyclic amines) is 1. The third kappa shape index (κ3) is 5.97. The second-order valence-electron chi connectivity index (χ2n) is 3.78. The number of hydrogen-bond acceptors (Lipinski definition) is 4. The molecule has 3 atom stereocenters. The SMILES string of the molecule is C[C@H](N=[P+](C)[O-])C(=O)N1CCC[C@H]1C(=O)O.[Na].[Na]. The summed E-state index contributed by atoms with van der Waals surface area (Å²) in [5.74, 6) is -1.34. The molecule has 1 rings (SSSR count). The van der Waals surface area contributed by atoms with E-state index in [4.69, 9.17) is 5.11 Å². The molecule has 2 radical (unpaired) electrons. The first-order valence-electron chi connectivity index (χ1n) is 5.08. The van der Waals surface area contributed by atoms with Crippen LogP contribution in [0.15, 0.2) is 4.74 Å². The van der Waals surface area contributed by atoms with Crippen LogP contribution in [0.25, 0.3) is 0 Å². The van der Waals surface area contributed by atoms with Gasteiger partial charge in [-0.05, 0) is 19.8 Å². The van der Waals surface area contributed by atoms with E-state index in [0.29, 0.717) is 19.4 Å². The van der Waals surface area contributed by atoms with Gasteiger partial charge in [0.2, 0.25) is 0 Å². The summed E-state index contributed by atoms with van der Waals surface area (Å²) in [6, 6.07) is -1.48. The molecule has 0 aliphatic carbocycles. The average molecular weight is 292 g/mol. The van der Waals surface area contributed by atoms with Crippen molar-refractivity contribution < 1.29 is 19.6 Å². The van der Waals surface area contributed by atoms with Crippen molar-refractivity contribution in [3.8, 4) is 0 Å². The third-order valence-electron chi connectivity index (χ3n) is 2.51.